The number of aldehydes is 1. The van der Waals surface area contributed by atoms with E-state index < -0.39 is 0 Å². The van der Waals surface area contributed by atoms with E-state index in [1.807, 2.05) is 6.07 Å². The summed E-state index contributed by atoms with van der Waals surface area (Å²) in [4.78, 5) is 13.6. The summed E-state index contributed by atoms with van der Waals surface area (Å²) < 4.78 is 6.36. The number of hydrogen-bond donors (Lipinski definition) is 1. The Morgan fingerprint density at radius 1 is 1.50 bits per heavy atom. The minimum atomic E-state index is 0.734. The van der Waals surface area contributed by atoms with Gasteiger partial charge in [0.25, 0.3) is 0 Å². The predicted octanol–water partition coefficient (Wildman–Crippen LogP) is 1.27. The van der Waals surface area contributed by atoms with Crippen LogP contribution in [0.3, 0.4) is 0 Å². The van der Waals surface area contributed by atoms with E-state index in [0.717, 1.165) is 53.5 Å². The minimum Gasteiger partial charge on any atom is -0.378 e. The maximum Gasteiger partial charge on any atom is 0.168 e. The highest BCUT2D eigenvalue weighted by atomic mass is 32.1. The fourth-order valence-electron chi connectivity index (χ4n) is 1.87. The van der Waals surface area contributed by atoms with Crippen molar-refractivity contribution in [1.29, 1.82) is 0 Å². The standard InChI is InChI=1S/C10H11N3O2S/c14-6-7-5-8-9(16-7)10(12-11-8)13-1-3-15-4-2-13/h5-6H,1-4H2,(H,11,12). The number of nitrogens with one attached hydrogen (secondary N) is 1. The molecule has 0 radical (unpaired) electrons. The van der Waals surface area contributed by atoms with Crippen LogP contribution in [-0.2, 0) is 4.74 Å². The van der Waals surface area contributed by atoms with E-state index in [0.29, 0.717) is 0 Å². The molecule has 3 heterocycles. The Morgan fingerprint density at radius 3 is 3.06 bits per heavy atom. The number of aromatic nitrogens is 2. The second-order valence-corrected chi connectivity index (χ2v) is 4.74. The Bertz CT molecular complexity index is 513. The number of H-pyrrole nitrogens is 1. The lowest BCUT2D eigenvalue weighted by Gasteiger charge is -2.26. The van der Waals surface area contributed by atoms with Crippen molar-refractivity contribution in [2.24, 2.45) is 0 Å². The van der Waals surface area contributed by atoms with E-state index in [-0.39, 0.29) is 0 Å². The Hall–Kier alpha value is -1.40. The second-order valence-electron chi connectivity index (χ2n) is 3.66. The first kappa shape index (κ1) is 9.80. The molecule has 3 rings (SSSR count). The van der Waals surface area contributed by atoms with Crippen molar-refractivity contribution in [3.05, 3.63) is 10.9 Å². The lowest BCUT2D eigenvalue weighted by molar-refractivity contribution is 0.112. The summed E-state index contributed by atoms with van der Waals surface area (Å²) in [5.74, 6) is 0.941. The number of anilines is 1. The van der Waals surface area contributed by atoms with Gasteiger partial charge in [0.2, 0.25) is 0 Å². The lowest BCUT2D eigenvalue weighted by Crippen LogP contribution is -2.36. The Labute approximate surface area is 96.0 Å². The summed E-state index contributed by atoms with van der Waals surface area (Å²) in [6.07, 6.45) is 0.877. The highest BCUT2D eigenvalue weighted by Crippen LogP contribution is 2.31. The van der Waals surface area contributed by atoms with Crippen molar-refractivity contribution < 1.29 is 9.53 Å². The summed E-state index contributed by atoms with van der Waals surface area (Å²) in [7, 11) is 0. The number of carbonyl (C=O) groups is 1. The predicted molar refractivity (Wildman–Crippen MR) is 62.4 cm³/mol. The molecule has 2 aromatic rings. The zero-order valence-corrected chi connectivity index (χ0v) is 9.42. The number of nitrogens with zero attached hydrogens (tertiary/aromatic N) is 2. The first-order chi connectivity index (χ1) is 7.88. The van der Waals surface area contributed by atoms with Gasteiger partial charge >= 0.3 is 0 Å². The first-order valence-electron chi connectivity index (χ1n) is 5.14. The number of morpholine rings is 1. The third-order valence-electron chi connectivity index (χ3n) is 2.66. The smallest absolute Gasteiger partial charge is 0.168 e. The molecule has 0 atom stereocenters. The number of ether oxygens (including phenoxy) is 1. The Kier molecular flexibility index (Phi) is 2.37. The molecule has 0 spiro atoms. The molecular weight excluding hydrogens is 226 g/mol. The molecule has 0 aliphatic carbocycles. The third kappa shape index (κ3) is 1.50. The Balaban J connectivity index is 2.01. The fraction of sp³-hybridized carbons (Fsp3) is 0.400. The van der Waals surface area contributed by atoms with Crippen molar-refractivity contribution >= 4 is 33.7 Å². The molecule has 0 amide bonds. The molecule has 1 fully saturated rings. The number of hydrogen-bond acceptors (Lipinski definition) is 5. The van der Waals surface area contributed by atoms with Crippen molar-refractivity contribution in [2.75, 3.05) is 31.2 Å². The van der Waals surface area contributed by atoms with Crippen LogP contribution in [-0.4, -0.2) is 42.8 Å². The summed E-state index contributed by atoms with van der Waals surface area (Å²) in [6.45, 7) is 3.18. The van der Waals surface area contributed by atoms with Gasteiger partial charge in [0.15, 0.2) is 12.1 Å². The van der Waals surface area contributed by atoms with E-state index >= 15 is 0 Å². The molecule has 0 bridgehead atoms. The van der Waals surface area contributed by atoms with Crippen LogP contribution in [0.25, 0.3) is 10.2 Å². The molecule has 5 nitrogen and oxygen atoms in total. The molecule has 2 aromatic heterocycles. The Morgan fingerprint density at radius 2 is 2.31 bits per heavy atom. The van der Waals surface area contributed by atoms with Gasteiger partial charge in [-0.2, -0.15) is 5.10 Å². The van der Waals surface area contributed by atoms with Crippen LogP contribution in [0.4, 0.5) is 5.82 Å². The van der Waals surface area contributed by atoms with Crippen LogP contribution < -0.4 is 4.90 Å². The molecule has 0 aromatic carbocycles. The van der Waals surface area contributed by atoms with Crippen LogP contribution in [0.15, 0.2) is 6.07 Å². The van der Waals surface area contributed by atoms with Crippen LogP contribution in [0.1, 0.15) is 9.67 Å². The van der Waals surface area contributed by atoms with Crippen molar-refractivity contribution in [1.82, 2.24) is 10.2 Å². The molecule has 1 aliphatic heterocycles. The molecule has 1 aliphatic rings. The number of fused-ring (bicyclic) bond motifs is 1. The minimum absolute atomic E-state index is 0.734. The topological polar surface area (TPSA) is 58.2 Å². The molecular formula is C10H11N3O2S. The summed E-state index contributed by atoms with van der Waals surface area (Å²) in [5, 5.41) is 7.25. The average molecular weight is 237 g/mol. The maximum atomic E-state index is 10.7. The van der Waals surface area contributed by atoms with Crippen LogP contribution in [0, 0.1) is 0 Å². The second kappa shape index (κ2) is 3.88. The highest BCUT2D eigenvalue weighted by molar-refractivity contribution is 7.21. The molecule has 0 saturated carbocycles. The molecule has 0 unspecified atom stereocenters. The average Bonchev–Trinajstić information content (AvgIpc) is 2.88. The number of rotatable bonds is 2. The van der Waals surface area contributed by atoms with E-state index in [1.54, 1.807) is 0 Å². The fourth-order valence-corrected chi connectivity index (χ4v) is 2.81. The lowest BCUT2D eigenvalue weighted by atomic mass is 10.4. The summed E-state index contributed by atoms with van der Waals surface area (Å²) in [6, 6.07) is 1.84. The number of thiophene rings is 1. The van der Waals surface area contributed by atoms with E-state index in [1.165, 1.54) is 11.3 Å². The molecule has 6 heteroatoms. The van der Waals surface area contributed by atoms with Crippen molar-refractivity contribution in [3.8, 4) is 0 Å². The van der Waals surface area contributed by atoms with Gasteiger partial charge in [0.05, 0.1) is 28.3 Å². The van der Waals surface area contributed by atoms with E-state index in [2.05, 4.69) is 15.1 Å². The summed E-state index contributed by atoms with van der Waals surface area (Å²) in [5.41, 5.74) is 0.939. The zero-order chi connectivity index (χ0) is 11.0. The molecule has 1 N–H and O–H groups in total. The van der Waals surface area contributed by atoms with Gasteiger partial charge < -0.3 is 9.64 Å². The molecule has 16 heavy (non-hydrogen) atoms. The van der Waals surface area contributed by atoms with E-state index in [9.17, 15) is 4.79 Å². The largest absolute Gasteiger partial charge is 0.378 e. The van der Waals surface area contributed by atoms with Gasteiger partial charge in [-0.3, -0.25) is 9.89 Å². The monoisotopic (exact) mass is 237 g/mol. The van der Waals surface area contributed by atoms with Crippen molar-refractivity contribution in [2.45, 2.75) is 0 Å². The number of aromatic amines is 1. The first-order valence-corrected chi connectivity index (χ1v) is 5.96. The quantitative estimate of drug-likeness (QED) is 0.799. The zero-order valence-electron chi connectivity index (χ0n) is 8.60. The van der Waals surface area contributed by atoms with Gasteiger partial charge in [-0.05, 0) is 6.07 Å². The van der Waals surface area contributed by atoms with E-state index in [4.69, 9.17) is 4.74 Å². The molecule has 84 valence electrons. The maximum absolute atomic E-state index is 10.7. The molecule has 1 saturated heterocycles. The van der Waals surface area contributed by atoms with Crippen LogP contribution >= 0.6 is 11.3 Å². The third-order valence-corrected chi connectivity index (χ3v) is 3.72. The number of carbonyl (C=O) groups excluding carboxylic acids is 1. The van der Waals surface area contributed by atoms with Gasteiger partial charge in [0, 0.05) is 13.1 Å². The van der Waals surface area contributed by atoms with Gasteiger partial charge in [-0.15, -0.1) is 11.3 Å². The van der Waals surface area contributed by atoms with Gasteiger partial charge in [-0.1, -0.05) is 0 Å². The van der Waals surface area contributed by atoms with Gasteiger partial charge in [-0.25, -0.2) is 0 Å². The van der Waals surface area contributed by atoms with Crippen LogP contribution in [0.5, 0.6) is 0 Å². The van der Waals surface area contributed by atoms with Crippen molar-refractivity contribution in [3.63, 3.8) is 0 Å². The SMILES string of the molecule is O=Cc1cc2[nH]nc(N3CCOCC3)c2s1. The summed E-state index contributed by atoms with van der Waals surface area (Å²) >= 11 is 1.48. The van der Waals surface area contributed by atoms with Crippen LogP contribution in [0.2, 0.25) is 0 Å². The highest BCUT2D eigenvalue weighted by Gasteiger charge is 2.18. The normalized spacial score (nSPS) is 16.9. The van der Waals surface area contributed by atoms with Gasteiger partial charge in [0.1, 0.15) is 0 Å².